The van der Waals surface area contributed by atoms with Crippen LogP contribution in [0.2, 0.25) is 0 Å². The second-order valence-electron chi connectivity index (χ2n) is 5.26. The van der Waals surface area contributed by atoms with Gasteiger partial charge in [-0.2, -0.15) is 0 Å². The minimum atomic E-state index is -0.375. The van der Waals surface area contributed by atoms with Gasteiger partial charge in [-0.15, -0.1) is 0 Å². The molecule has 2 rings (SSSR count). The van der Waals surface area contributed by atoms with Crippen LogP contribution in [0.15, 0.2) is 73.2 Å². The second kappa shape index (κ2) is 10.6. The molecule has 0 aliphatic rings. The number of esters is 2. The fourth-order valence-electron chi connectivity index (χ4n) is 2.00. The molecule has 0 saturated heterocycles. The van der Waals surface area contributed by atoms with Gasteiger partial charge in [-0.25, -0.2) is 0 Å². The average Bonchev–Trinajstić information content (AvgIpc) is 2.63. The minimum absolute atomic E-state index is 0.163. The van der Waals surface area contributed by atoms with Gasteiger partial charge in [-0.1, -0.05) is 60.7 Å². The molecule has 4 heteroatoms. The first-order chi connectivity index (χ1) is 12.2. The van der Waals surface area contributed by atoms with Gasteiger partial charge in [0.2, 0.25) is 0 Å². The lowest BCUT2D eigenvalue weighted by molar-refractivity contribution is -0.139. The van der Waals surface area contributed by atoms with Crippen LogP contribution in [0.1, 0.15) is 30.4 Å². The average molecular weight is 336 g/mol. The standard InChI is InChI=1S/C21H20O4/c22-20(24-16-14-18-8-3-1-4-9-18)12-7-13-21(23)25-17-15-19-10-5-2-6-11-19/h1-6,8-11,14-17H,7,12-13H2. The molecule has 0 aromatic heterocycles. The van der Waals surface area contributed by atoms with E-state index in [1.54, 1.807) is 12.2 Å². The molecule has 0 N–H and O–H groups in total. The molecule has 2 aromatic rings. The lowest BCUT2D eigenvalue weighted by Crippen LogP contribution is -2.03. The van der Waals surface area contributed by atoms with E-state index in [0.29, 0.717) is 6.42 Å². The van der Waals surface area contributed by atoms with E-state index in [1.165, 1.54) is 12.5 Å². The molecule has 0 spiro atoms. The van der Waals surface area contributed by atoms with Crippen molar-refractivity contribution in [2.75, 3.05) is 0 Å². The number of carbonyl (C=O) groups is 2. The molecular formula is C21H20O4. The third-order valence-electron chi connectivity index (χ3n) is 3.28. The monoisotopic (exact) mass is 336 g/mol. The van der Waals surface area contributed by atoms with E-state index in [4.69, 9.17) is 9.47 Å². The van der Waals surface area contributed by atoms with Crippen LogP contribution in [0, 0.1) is 0 Å². The van der Waals surface area contributed by atoms with Crippen LogP contribution in [0.3, 0.4) is 0 Å². The number of benzene rings is 2. The molecule has 0 saturated carbocycles. The Morgan fingerprint density at radius 3 is 1.48 bits per heavy atom. The third kappa shape index (κ3) is 7.79. The van der Waals surface area contributed by atoms with Crippen LogP contribution in [-0.2, 0) is 19.1 Å². The molecule has 25 heavy (non-hydrogen) atoms. The predicted molar refractivity (Wildman–Crippen MR) is 97.0 cm³/mol. The minimum Gasteiger partial charge on any atom is -0.434 e. The van der Waals surface area contributed by atoms with Gasteiger partial charge < -0.3 is 9.47 Å². The fraction of sp³-hybridized carbons (Fsp3) is 0.143. The maximum atomic E-state index is 11.6. The van der Waals surface area contributed by atoms with Gasteiger partial charge in [0.1, 0.15) is 0 Å². The number of ether oxygens (including phenoxy) is 2. The van der Waals surface area contributed by atoms with Crippen molar-refractivity contribution < 1.29 is 19.1 Å². The van der Waals surface area contributed by atoms with Gasteiger partial charge in [-0.05, 0) is 29.7 Å². The lowest BCUT2D eigenvalue weighted by Gasteiger charge is -2.00. The predicted octanol–water partition coefficient (Wildman–Crippen LogP) is 4.58. The largest absolute Gasteiger partial charge is 0.434 e. The van der Waals surface area contributed by atoms with Crippen LogP contribution in [0.5, 0.6) is 0 Å². The topological polar surface area (TPSA) is 52.6 Å². The normalized spacial score (nSPS) is 10.9. The third-order valence-corrected chi connectivity index (χ3v) is 3.28. The van der Waals surface area contributed by atoms with Gasteiger partial charge in [0.25, 0.3) is 0 Å². The number of hydrogen-bond donors (Lipinski definition) is 0. The molecule has 0 unspecified atom stereocenters. The van der Waals surface area contributed by atoms with Crippen LogP contribution in [-0.4, -0.2) is 11.9 Å². The van der Waals surface area contributed by atoms with E-state index >= 15 is 0 Å². The quantitative estimate of drug-likeness (QED) is 0.523. The van der Waals surface area contributed by atoms with Crippen molar-refractivity contribution in [2.45, 2.75) is 19.3 Å². The zero-order valence-electron chi connectivity index (χ0n) is 13.8. The van der Waals surface area contributed by atoms with Crippen molar-refractivity contribution in [1.29, 1.82) is 0 Å². The molecule has 128 valence electrons. The summed E-state index contributed by atoms with van der Waals surface area (Å²) in [6.45, 7) is 0. The molecule has 4 nitrogen and oxygen atoms in total. The van der Waals surface area contributed by atoms with Crippen molar-refractivity contribution in [3.8, 4) is 0 Å². The van der Waals surface area contributed by atoms with Gasteiger partial charge in [-0.3, -0.25) is 9.59 Å². The van der Waals surface area contributed by atoms with Crippen LogP contribution < -0.4 is 0 Å². The first-order valence-corrected chi connectivity index (χ1v) is 8.06. The molecule has 0 aliphatic heterocycles. The summed E-state index contributed by atoms with van der Waals surface area (Å²) in [5.41, 5.74) is 1.90. The Labute approximate surface area is 147 Å². The summed E-state index contributed by atoms with van der Waals surface area (Å²) in [5.74, 6) is -0.750. The smallest absolute Gasteiger partial charge is 0.310 e. The van der Waals surface area contributed by atoms with Crippen LogP contribution in [0.4, 0.5) is 0 Å². The SMILES string of the molecule is O=C(CCCC(=O)OC=Cc1ccccc1)OC=Cc1ccccc1. The summed E-state index contributed by atoms with van der Waals surface area (Å²) < 4.78 is 9.96. The van der Waals surface area contributed by atoms with E-state index in [2.05, 4.69) is 0 Å². The Balaban J connectivity index is 1.59. The summed E-state index contributed by atoms with van der Waals surface area (Å²) >= 11 is 0. The first kappa shape index (κ1) is 18.2. The summed E-state index contributed by atoms with van der Waals surface area (Å²) in [4.78, 5) is 23.1. The van der Waals surface area contributed by atoms with Crippen molar-refractivity contribution in [1.82, 2.24) is 0 Å². The van der Waals surface area contributed by atoms with Crippen molar-refractivity contribution in [3.05, 3.63) is 84.3 Å². The van der Waals surface area contributed by atoms with E-state index in [9.17, 15) is 9.59 Å². The van der Waals surface area contributed by atoms with Crippen LogP contribution in [0.25, 0.3) is 12.2 Å². The van der Waals surface area contributed by atoms with Crippen LogP contribution >= 0.6 is 0 Å². The van der Waals surface area contributed by atoms with Crippen molar-refractivity contribution in [2.24, 2.45) is 0 Å². The molecule has 0 aliphatic carbocycles. The summed E-state index contributed by atoms with van der Waals surface area (Å²) in [7, 11) is 0. The molecule has 0 atom stereocenters. The van der Waals surface area contributed by atoms with Gasteiger partial charge >= 0.3 is 11.9 Å². The molecule has 0 heterocycles. The second-order valence-corrected chi connectivity index (χ2v) is 5.26. The zero-order chi connectivity index (χ0) is 17.7. The maximum Gasteiger partial charge on any atom is 0.310 e. The molecule has 0 bridgehead atoms. The zero-order valence-corrected chi connectivity index (χ0v) is 13.8. The summed E-state index contributed by atoms with van der Waals surface area (Å²) in [5, 5.41) is 0. The highest BCUT2D eigenvalue weighted by Crippen LogP contribution is 2.05. The number of carbonyl (C=O) groups excluding carboxylic acids is 2. The molecule has 0 fully saturated rings. The molecule has 0 radical (unpaired) electrons. The highest BCUT2D eigenvalue weighted by atomic mass is 16.5. The van der Waals surface area contributed by atoms with E-state index in [-0.39, 0.29) is 24.8 Å². The number of rotatable bonds is 8. The molecule has 0 amide bonds. The fourth-order valence-corrected chi connectivity index (χ4v) is 2.00. The van der Waals surface area contributed by atoms with E-state index in [1.807, 2.05) is 60.7 Å². The Hall–Kier alpha value is -3.14. The molecule has 2 aromatic carbocycles. The van der Waals surface area contributed by atoms with Crippen molar-refractivity contribution in [3.63, 3.8) is 0 Å². The Morgan fingerprint density at radius 2 is 1.08 bits per heavy atom. The maximum absolute atomic E-state index is 11.6. The Morgan fingerprint density at radius 1 is 0.680 bits per heavy atom. The molecular weight excluding hydrogens is 316 g/mol. The highest BCUT2D eigenvalue weighted by molar-refractivity contribution is 5.73. The first-order valence-electron chi connectivity index (χ1n) is 8.06. The van der Waals surface area contributed by atoms with E-state index in [0.717, 1.165) is 11.1 Å². The number of hydrogen-bond acceptors (Lipinski definition) is 4. The lowest BCUT2D eigenvalue weighted by atomic mass is 10.2. The Kier molecular flexibility index (Phi) is 7.72. The highest BCUT2D eigenvalue weighted by Gasteiger charge is 2.05. The van der Waals surface area contributed by atoms with Crippen molar-refractivity contribution >= 4 is 24.1 Å². The Bertz CT molecular complexity index is 655. The van der Waals surface area contributed by atoms with Gasteiger partial charge in [0.05, 0.1) is 12.5 Å². The van der Waals surface area contributed by atoms with Gasteiger partial charge in [0, 0.05) is 12.8 Å². The van der Waals surface area contributed by atoms with E-state index < -0.39 is 0 Å². The summed E-state index contributed by atoms with van der Waals surface area (Å²) in [6, 6.07) is 19.1. The summed E-state index contributed by atoms with van der Waals surface area (Å²) in [6.07, 6.45) is 6.85. The van der Waals surface area contributed by atoms with Gasteiger partial charge in [0.15, 0.2) is 0 Å².